The topological polar surface area (TPSA) is 38.3 Å². The fraction of sp³-hybridized carbons (Fsp3) is 0.800. The largest absolute Gasteiger partial charge is 0.302 e. The lowest BCUT2D eigenvalue weighted by Gasteiger charge is -2.01. The Morgan fingerprint density at radius 2 is 2.67 bits per heavy atom. The lowest BCUT2D eigenvalue weighted by Crippen LogP contribution is -2.22. The number of carbonyl (C=O) groups is 1. The molecule has 1 rings (SSSR count). The van der Waals surface area contributed by atoms with Gasteiger partial charge in [-0.3, -0.25) is 0 Å². The van der Waals surface area contributed by atoms with Crippen molar-refractivity contribution < 1.29 is 9.63 Å². The van der Waals surface area contributed by atoms with E-state index < -0.39 is 0 Å². The Hall–Kier alpha value is -0.0600. The minimum atomic E-state index is 0.0764. The normalized spacial score (nSPS) is 29.1. The predicted octanol–water partition coefficient (Wildman–Crippen LogP) is -0.178. The molecule has 0 aliphatic carbocycles. The van der Waals surface area contributed by atoms with Gasteiger partial charge >= 0.3 is 0 Å². The van der Waals surface area contributed by atoms with Gasteiger partial charge < -0.3 is 9.63 Å². The summed E-state index contributed by atoms with van der Waals surface area (Å²) in [6.07, 6.45) is 0.951. The molecule has 1 N–H and O–H groups in total. The van der Waals surface area contributed by atoms with Crippen LogP contribution in [0, 0.1) is 0 Å². The summed E-state index contributed by atoms with van der Waals surface area (Å²) in [4.78, 5) is 15.1. The zero-order valence-electron chi connectivity index (χ0n) is 5.00. The minimum Gasteiger partial charge on any atom is -0.302 e. The zero-order chi connectivity index (χ0) is 6.53. The monoisotopic (exact) mass is 147 g/mol. The highest BCUT2D eigenvalue weighted by Gasteiger charge is 2.09. The van der Waals surface area contributed by atoms with Crippen LogP contribution < -0.4 is 5.48 Å². The molecule has 0 aromatic carbocycles. The molecule has 0 spiro atoms. The highest BCUT2D eigenvalue weighted by atomic mass is 32.2. The maximum absolute atomic E-state index is 10.2. The van der Waals surface area contributed by atoms with Crippen molar-refractivity contribution in [3.63, 3.8) is 0 Å². The zero-order valence-corrected chi connectivity index (χ0v) is 5.82. The SMILES string of the molecule is O=CC1CNOCCS1. The van der Waals surface area contributed by atoms with Crippen LogP contribution in [0.25, 0.3) is 0 Å². The van der Waals surface area contributed by atoms with Gasteiger partial charge in [-0.25, -0.2) is 5.48 Å². The van der Waals surface area contributed by atoms with E-state index in [2.05, 4.69) is 5.48 Å². The minimum absolute atomic E-state index is 0.0764. The van der Waals surface area contributed by atoms with Crippen LogP contribution in [-0.4, -0.2) is 30.4 Å². The summed E-state index contributed by atoms with van der Waals surface area (Å²) in [5.74, 6) is 0.899. The highest BCUT2D eigenvalue weighted by molar-refractivity contribution is 8.00. The molecule has 0 bridgehead atoms. The number of hydroxylamine groups is 1. The lowest BCUT2D eigenvalue weighted by molar-refractivity contribution is -0.107. The first kappa shape index (κ1) is 7.05. The molecule has 0 aromatic rings. The van der Waals surface area contributed by atoms with E-state index in [4.69, 9.17) is 4.84 Å². The Kier molecular flexibility index (Phi) is 3.03. The van der Waals surface area contributed by atoms with Crippen LogP contribution in [0.3, 0.4) is 0 Å². The summed E-state index contributed by atoms with van der Waals surface area (Å²) in [6, 6.07) is 0. The van der Waals surface area contributed by atoms with E-state index >= 15 is 0 Å². The van der Waals surface area contributed by atoms with E-state index in [0.29, 0.717) is 13.2 Å². The summed E-state index contributed by atoms with van der Waals surface area (Å²) in [6.45, 7) is 1.32. The van der Waals surface area contributed by atoms with Crippen LogP contribution in [0.5, 0.6) is 0 Å². The molecule has 52 valence electrons. The molecule has 4 heteroatoms. The van der Waals surface area contributed by atoms with Crippen molar-refractivity contribution >= 4 is 18.0 Å². The van der Waals surface area contributed by atoms with E-state index in [1.165, 1.54) is 0 Å². The second kappa shape index (κ2) is 3.87. The van der Waals surface area contributed by atoms with Crippen LogP contribution in [-0.2, 0) is 9.63 Å². The van der Waals surface area contributed by atoms with Crippen LogP contribution in [0.4, 0.5) is 0 Å². The third-order valence-corrected chi connectivity index (χ3v) is 2.16. The average molecular weight is 147 g/mol. The summed E-state index contributed by atoms with van der Waals surface area (Å²) in [5, 5.41) is 0.0764. The van der Waals surface area contributed by atoms with E-state index in [1.807, 2.05) is 0 Å². The molecule has 0 amide bonds. The number of aldehydes is 1. The van der Waals surface area contributed by atoms with E-state index in [9.17, 15) is 4.79 Å². The maximum atomic E-state index is 10.2. The second-order valence-electron chi connectivity index (χ2n) is 1.74. The molecule has 1 fully saturated rings. The van der Waals surface area contributed by atoms with Gasteiger partial charge in [0.2, 0.25) is 0 Å². The first-order valence-electron chi connectivity index (χ1n) is 2.85. The van der Waals surface area contributed by atoms with Crippen LogP contribution in [0.2, 0.25) is 0 Å². The third kappa shape index (κ3) is 2.34. The van der Waals surface area contributed by atoms with Gasteiger partial charge in [0.05, 0.1) is 11.9 Å². The quantitative estimate of drug-likeness (QED) is 0.522. The van der Waals surface area contributed by atoms with Crippen LogP contribution in [0.1, 0.15) is 0 Å². The molecule has 1 unspecified atom stereocenters. The first-order chi connectivity index (χ1) is 4.43. The van der Waals surface area contributed by atoms with Crippen molar-refractivity contribution in [3.8, 4) is 0 Å². The third-order valence-electron chi connectivity index (χ3n) is 1.06. The van der Waals surface area contributed by atoms with Crippen LogP contribution in [0.15, 0.2) is 0 Å². The van der Waals surface area contributed by atoms with Crippen molar-refractivity contribution in [1.29, 1.82) is 0 Å². The van der Waals surface area contributed by atoms with E-state index in [1.54, 1.807) is 11.8 Å². The highest BCUT2D eigenvalue weighted by Crippen LogP contribution is 2.09. The van der Waals surface area contributed by atoms with E-state index in [-0.39, 0.29) is 5.25 Å². The molecule has 1 aliphatic heterocycles. The van der Waals surface area contributed by atoms with E-state index in [0.717, 1.165) is 12.0 Å². The van der Waals surface area contributed by atoms with Gasteiger partial charge in [-0.05, 0) is 0 Å². The summed E-state index contributed by atoms with van der Waals surface area (Å²) >= 11 is 1.63. The summed E-state index contributed by atoms with van der Waals surface area (Å²) < 4.78 is 0. The van der Waals surface area contributed by atoms with Crippen molar-refractivity contribution in [2.24, 2.45) is 0 Å². The Balaban J connectivity index is 2.26. The smallest absolute Gasteiger partial charge is 0.134 e. The standard InChI is InChI=1S/C5H9NO2S/c7-4-5-3-6-8-1-2-9-5/h4-6H,1-3H2. The van der Waals surface area contributed by atoms with Crippen molar-refractivity contribution in [2.45, 2.75) is 5.25 Å². The molecule has 9 heavy (non-hydrogen) atoms. The molecule has 0 radical (unpaired) electrons. The predicted molar refractivity (Wildman–Crippen MR) is 36.3 cm³/mol. The average Bonchev–Trinajstić information content (AvgIpc) is 2.13. The lowest BCUT2D eigenvalue weighted by atomic mass is 10.5. The van der Waals surface area contributed by atoms with Gasteiger partial charge in [0.25, 0.3) is 0 Å². The number of nitrogens with one attached hydrogen (secondary N) is 1. The summed E-state index contributed by atoms with van der Waals surface area (Å²) in [7, 11) is 0. The Bertz CT molecular complexity index is 91.0. The second-order valence-corrected chi connectivity index (χ2v) is 3.09. The molecule has 0 saturated carbocycles. The molecular weight excluding hydrogens is 138 g/mol. The van der Waals surface area contributed by atoms with Gasteiger partial charge in [0, 0.05) is 12.3 Å². The Morgan fingerprint density at radius 1 is 1.78 bits per heavy atom. The Morgan fingerprint density at radius 3 is 3.44 bits per heavy atom. The molecule has 1 heterocycles. The van der Waals surface area contributed by atoms with Gasteiger partial charge in [-0.1, -0.05) is 0 Å². The van der Waals surface area contributed by atoms with Gasteiger partial charge in [0.1, 0.15) is 6.29 Å². The maximum Gasteiger partial charge on any atom is 0.134 e. The number of rotatable bonds is 1. The fourth-order valence-corrected chi connectivity index (χ4v) is 1.35. The van der Waals surface area contributed by atoms with Gasteiger partial charge in [-0.15, -0.1) is 11.8 Å². The van der Waals surface area contributed by atoms with Crippen molar-refractivity contribution in [2.75, 3.05) is 18.9 Å². The van der Waals surface area contributed by atoms with Crippen molar-refractivity contribution in [1.82, 2.24) is 5.48 Å². The van der Waals surface area contributed by atoms with Gasteiger partial charge in [0.15, 0.2) is 0 Å². The van der Waals surface area contributed by atoms with Crippen molar-refractivity contribution in [3.05, 3.63) is 0 Å². The fourth-order valence-electron chi connectivity index (χ4n) is 0.601. The number of carbonyl (C=O) groups excluding carboxylic acids is 1. The summed E-state index contributed by atoms with van der Waals surface area (Å²) in [5.41, 5.74) is 2.70. The molecule has 1 saturated heterocycles. The molecule has 3 nitrogen and oxygen atoms in total. The molecule has 1 atom stereocenters. The number of thioether (sulfide) groups is 1. The first-order valence-corrected chi connectivity index (χ1v) is 3.90. The Labute approximate surface area is 58.1 Å². The van der Waals surface area contributed by atoms with Crippen LogP contribution >= 0.6 is 11.8 Å². The number of hydrogen-bond donors (Lipinski definition) is 1. The molecular formula is C5H9NO2S. The van der Waals surface area contributed by atoms with Gasteiger partial charge in [-0.2, -0.15) is 0 Å². The molecule has 0 aromatic heterocycles. The number of hydrogen-bond acceptors (Lipinski definition) is 4. The molecule has 1 aliphatic rings.